The highest BCUT2D eigenvalue weighted by Gasteiger charge is 2.49. The van der Waals surface area contributed by atoms with E-state index in [1.807, 2.05) is 11.8 Å². The number of aliphatic carboxylic acids is 1. The smallest absolute Gasteiger partial charge is 0.307 e. The molecule has 0 saturated heterocycles. The summed E-state index contributed by atoms with van der Waals surface area (Å²) in [6.07, 6.45) is 2.98. The number of carboxylic acid groups (broad SMARTS) is 1. The average Bonchev–Trinajstić information content (AvgIpc) is 3.04. The first-order valence-electron chi connectivity index (χ1n) is 5.65. The van der Waals surface area contributed by atoms with Crippen molar-refractivity contribution >= 4 is 11.9 Å². The Kier molecular flexibility index (Phi) is 2.67. The molecule has 2 aliphatic rings. The number of carbonyl (C=O) groups excluding carboxylic acids is 1. The Morgan fingerprint density at radius 1 is 1.33 bits per heavy atom. The van der Waals surface area contributed by atoms with Crippen molar-refractivity contribution in [1.82, 2.24) is 4.90 Å². The molecule has 2 rings (SSSR count). The first kappa shape index (κ1) is 10.5. The van der Waals surface area contributed by atoms with E-state index in [-0.39, 0.29) is 11.8 Å². The molecule has 4 nitrogen and oxygen atoms in total. The number of hydrogen-bond acceptors (Lipinski definition) is 2. The van der Waals surface area contributed by atoms with E-state index in [0.717, 1.165) is 6.54 Å². The molecule has 0 aromatic rings. The van der Waals surface area contributed by atoms with Crippen molar-refractivity contribution in [3.8, 4) is 0 Å². The number of amides is 1. The van der Waals surface area contributed by atoms with Crippen molar-refractivity contribution in [2.24, 2.45) is 17.8 Å². The summed E-state index contributed by atoms with van der Waals surface area (Å²) in [4.78, 5) is 24.4. The van der Waals surface area contributed by atoms with Gasteiger partial charge in [0.1, 0.15) is 0 Å². The van der Waals surface area contributed by atoms with Gasteiger partial charge in [0, 0.05) is 13.1 Å². The maximum Gasteiger partial charge on any atom is 0.307 e. The van der Waals surface area contributed by atoms with Crippen LogP contribution in [0.25, 0.3) is 0 Å². The van der Waals surface area contributed by atoms with Gasteiger partial charge in [0.05, 0.1) is 11.8 Å². The van der Waals surface area contributed by atoms with Crippen LogP contribution in [0.3, 0.4) is 0 Å². The van der Waals surface area contributed by atoms with Crippen LogP contribution in [0.15, 0.2) is 0 Å². The number of carbonyl (C=O) groups is 2. The van der Waals surface area contributed by atoms with Crippen LogP contribution in [-0.2, 0) is 9.59 Å². The summed E-state index contributed by atoms with van der Waals surface area (Å²) in [6, 6.07) is 0. The molecule has 0 aromatic carbocycles. The molecular formula is C11H17NO3. The van der Waals surface area contributed by atoms with Gasteiger partial charge in [-0.05, 0) is 32.1 Å². The predicted molar refractivity (Wildman–Crippen MR) is 54.2 cm³/mol. The Bertz CT molecular complexity index is 286. The maximum absolute atomic E-state index is 11.9. The second-order valence-corrected chi connectivity index (χ2v) is 4.61. The molecule has 2 fully saturated rings. The van der Waals surface area contributed by atoms with Crippen LogP contribution < -0.4 is 0 Å². The Hall–Kier alpha value is -1.06. The quantitative estimate of drug-likeness (QED) is 0.737. The number of hydrogen-bond donors (Lipinski definition) is 1. The van der Waals surface area contributed by atoms with Crippen molar-refractivity contribution in [1.29, 1.82) is 0 Å². The van der Waals surface area contributed by atoms with Gasteiger partial charge in [0.15, 0.2) is 0 Å². The fraction of sp³-hybridized carbons (Fsp3) is 0.818. The molecule has 15 heavy (non-hydrogen) atoms. The van der Waals surface area contributed by atoms with Gasteiger partial charge in [-0.2, -0.15) is 0 Å². The molecule has 2 aliphatic carbocycles. The molecule has 1 N–H and O–H groups in total. The van der Waals surface area contributed by atoms with E-state index in [1.54, 1.807) is 0 Å². The third kappa shape index (κ3) is 2.30. The van der Waals surface area contributed by atoms with E-state index in [4.69, 9.17) is 5.11 Å². The minimum Gasteiger partial charge on any atom is -0.481 e. The van der Waals surface area contributed by atoms with Gasteiger partial charge in [0.25, 0.3) is 0 Å². The SMILES string of the molecule is CCN(CC1CC1)C(=O)C1CC1C(=O)O. The van der Waals surface area contributed by atoms with Gasteiger partial charge in [-0.3, -0.25) is 9.59 Å². The fourth-order valence-corrected chi connectivity index (χ4v) is 1.96. The van der Waals surface area contributed by atoms with Crippen molar-refractivity contribution < 1.29 is 14.7 Å². The first-order valence-corrected chi connectivity index (χ1v) is 5.65. The highest BCUT2D eigenvalue weighted by molar-refractivity contribution is 5.89. The molecule has 2 unspecified atom stereocenters. The molecular weight excluding hydrogens is 194 g/mol. The summed E-state index contributed by atoms with van der Waals surface area (Å²) in [6.45, 7) is 3.49. The van der Waals surface area contributed by atoms with Gasteiger partial charge in [-0.25, -0.2) is 0 Å². The lowest BCUT2D eigenvalue weighted by Gasteiger charge is -2.20. The lowest BCUT2D eigenvalue weighted by molar-refractivity contribution is -0.142. The highest BCUT2D eigenvalue weighted by atomic mass is 16.4. The Morgan fingerprint density at radius 2 is 2.00 bits per heavy atom. The van der Waals surface area contributed by atoms with Crippen LogP contribution in [0.2, 0.25) is 0 Å². The topological polar surface area (TPSA) is 57.6 Å². The summed E-state index contributed by atoms with van der Waals surface area (Å²) >= 11 is 0. The summed E-state index contributed by atoms with van der Waals surface area (Å²) in [5, 5.41) is 8.75. The van der Waals surface area contributed by atoms with E-state index >= 15 is 0 Å². The zero-order valence-corrected chi connectivity index (χ0v) is 8.98. The second kappa shape index (κ2) is 3.83. The summed E-state index contributed by atoms with van der Waals surface area (Å²) in [5.74, 6) is -0.740. The minimum absolute atomic E-state index is 0.0526. The molecule has 2 saturated carbocycles. The van der Waals surface area contributed by atoms with E-state index in [1.165, 1.54) is 12.8 Å². The van der Waals surface area contributed by atoms with Crippen LogP contribution in [0.1, 0.15) is 26.2 Å². The lowest BCUT2D eigenvalue weighted by Crippen LogP contribution is -2.34. The third-order valence-corrected chi connectivity index (χ3v) is 3.29. The van der Waals surface area contributed by atoms with Crippen molar-refractivity contribution in [2.75, 3.05) is 13.1 Å². The maximum atomic E-state index is 11.9. The van der Waals surface area contributed by atoms with Gasteiger partial charge >= 0.3 is 5.97 Å². The Morgan fingerprint density at radius 3 is 2.40 bits per heavy atom. The van der Waals surface area contributed by atoms with Crippen molar-refractivity contribution in [2.45, 2.75) is 26.2 Å². The largest absolute Gasteiger partial charge is 0.481 e. The highest BCUT2D eigenvalue weighted by Crippen LogP contribution is 2.41. The molecule has 0 bridgehead atoms. The molecule has 4 heteroatoms. The molecule has 0 aromatic heterocycles. The van der Waals surface area contributed by atoms with Crippen molar-refractivity contribution in [3.05, 3.63) is 0 Å². The summed E-state index contributed by atoms with van der Waals surface area (Å²) in [5.41, 5.74) is 0. The number of rotatable bonds is 5. The zero-order valence-electron chi connectivity index (χ0n) is 8.98. The van der Waals surface area contributed by atoms with Crippen LogP contribution in [0.4, 0.5) is 0 Å². The zero-order chi connectivity index (χ0) is 11.0. The number of nitrogens with zero attached hydrogens (tertiary/aromatic N) is 1. The van der Waals surface area contributed by atoms with E-state index in [0.29, 0.717) is 18.9 Å². The van der Waals surface area contributed by atoms with Gasteiger partial charge < -0.3 is 10.0 Å². The first-order chi connectivity index (χ1) is 7.13. The molecule has 0 radical (unpaired) electrons. The van der Waals surface area contributed by atoms with Crippen LogP contribution >= 0.6 is 0 Å². The molecule has 2 atom stereocenters. The minimum atomic E-state index is -0.823. The predicted octanol–water partition coefficient (Wildman–Crippen LogP) is 0.966. The third-order valence-electron chi connectivity index (χ3n) is 3.29. The lowest BCUT2D eigenvalue weighted by atomic mass is 10.2. The normalized spacial score (nSPS) is 28.6. The standard InChI is InChI=1S/C11H17NO3/c1-2-12(6-7-3-4-7)10(13)8-5-9(8)11(14)15/h7-9H,2-6H2,1H3,(H,14,15). The Labute approximate surface area is 89.3 Å². The molecule has 0 heterocycles. The average molecular weight is 211 g/mol. The van der Waals surface area contributed by atoms with Gasteiger partial charge in [-0.15, -0.1) is 0 Å². The van der Waals surface area contributed by atoms with Gasteiger partial charge in [0.2, 0.25) is 5.91 Å². The monoisotopic (exact) mass is 211 g/mol. The summed E-state index contributed by atoms with van der Waals surface area (Å²) < 4.78 is 0. The molecule has 0 spiro atoms. The number of carboxylic acids is 1. The van der Waals surface area contributed by atoms with Gasteiger partial charge in [-0.1, -0.05) is 0 Å². The molecule has 1 amide bonds. The van der Waals surface area contributed by atoms with Crippen LogP contribution in [0, 0.1) is 17.8 Å². The van der Waals surface area contributed by atoms with Crippen molar-refractivity contribution in [3.63, 3.8) is 0 Å². The van der Waals surface area contributed by atoms with Crippen LogP contribution in [-0.4, -0.2) is 35.0 Å². The van der Waals surface area contributed by atoms with E-state index < -0.39 is 11.9 Å². The molecule has 84 valence electrons. The molecule has 0 aliphatic heterocycles. The Balaban J connectivity index is 1.85. The van der Waals surface area contributed by atoms with E-state index in [9.17, 15) is 9.59 Å². The second-order valence-electron chi connectivity index (χ2n) is 4.61. The van der Waals surface area contributed by atoms with E-state index in [2.05, 4.69) is 0 Å². The fourth-order valence-electron chi connectivity index (χ4n) is 1.96. The summed E-state index contributed by atoms with van der Waals surface area (Å²) in [7, 11) is 0. The van der Waals surface area contributed by atoms with Crippen LogP contribution in [0.5, 0.6) is 0 Å².